The number of fused-ring (bicyclic) bond motifs is 3. The predicted molar refractivity (Wildman–Crippen MR) is 88.9 cm³/mol. The molecule has 0 saturated heterocycles. The van der Waals surface area contributed by atoms with Crippen molar-refractivity contribution in [3.05, 3.63) is 35.5 Å². The van der Waals surface area contributed by atoms with Crippen LogP contribution in [0.4, 0.5) is 0 Å². The molecule has 1 N–H and O–H groups in total. The molecular formula is C19H23N2O3+. The van der Waals surface area contributed by atoms with Crippen molar-refractivity contribution in [3.63, 3.8) is 0 Å². The molecule has 1 aromatic carbocycles. The SMILES string of the molecule is COC(=O)c1c(O)[n+](C2CCCCC2)c2n1CCc1ccccc1-2. The first-order valence-corrected chi connectivity index (χ1v) is 8.76. The Kier molecular flexibility index (Phi) is 3.79. The molecule has 0 amide bonds. The quantitative estimate of drug-likeness (QED) is 0.681. The lowest BCUT2D eigenvalue weighted by atomic mass is 9.94. The second-order valence-electron chi connectivity index (χ2n) is 6.71. The zero-order chi connectivity index (χ0) is 16.7. The Bertz CT molecular complexity index is 788. The molecule has 4 rings (SSSR count). The van der Waals surface area contributed by atoms with Crippen LogP contribution < -0.4 is 4.57 Å². The molecule has 2 aromatic rings. The summed E-state index contributed by atoms with van der Waals surface area (Å²) in [7, 11) is 1.36. The van der Waals surface area contributed by atoms with E-state index < -0.39 is 5.97 Å². The van der Waals surface area contributed by atoms with Crippen molar-refractivity contribution in [2.75, 3.05) is 7.11 Å². The molecule has 1 fully saturated rings. The predicted octanol–water partition coefficient (Wildman–Crippen LogP) is 3.00. The maximum absolute atomic E-state index is 12.3. The second-order valence-corrected chi connectivity index (χ2v) is 6.71. The Hall–Kier alpha value is -2.30. The van der Waals surface area contributed by atoms with Crippen molar-refractivity contribution in [3.8, 4) is 17.3 Å². The van der Waals surface area contributed by atoms with Crippen molar-refractivity contribution in [1.29, 1.82) is 0 Å². The molecule has 5 heteroatoms. The monoisotopic (exact) mass is 327 g/mol. The van der Waals surface area contributed by atoms with E-state index in [2.05, 4.69) is 12.1 Å². The molecule has 1 aliphatic carbocycles. The van der Waals surface area contributed by atoms with Gasteiger partial charge in [0, 0.05) is 6.42 Å². The van der Waals surface area contributed by atoms with Crippen molar-refractivity contribution in [2.45, 2.75) is 51.1 Å². The molecule has 2 aliphatic rings. The van der Waals surface area contributed by atoms with Crippen molar-refractivity contribution < 1.29 is 19.2 Å². The number of aromatic nitrogens is 2. The summed E-state index contributed by atoms with van der Waals surface area (Å²) in [6.45, 7) is 0.685. The lowest BCUT2D eigenvalue weighted by molar-refractivity contribution is -0.719. The summed E-state index contributed by atoms with van der Waals surface area (Å²) in [6.07, 6.45) is 6.50. The molecule has 5 nitrogen and oxygen atoms in total. The van der Waals surface area contributed by atoms with Crippen LogP contribution in [0.25, 0.3) is 11.4 Å². The van der Waals surface area contributed by atoms with Crippen molar-refractivity contribution in [2.24, 2.45) is 0 Å². The van der Waals surface area contributed by atoms with E-state index in [1.54, 1.807) is 0 Å². The second kappa shape index (κ2) is 5.96. The van der Waals surface area contributed by atoms with Crippen LogP contribution in [-0.4, -0.2) is 22.8 Å². The standard InChI is InChI=1S/C19H22N2O3/c1-24-19(23)16-18(22)21(14-8-3-2-4-9-14)17-15-10-6-5-7-13(15)11-12-20(16)17/h5-7,10,14H,2-4,8-9,11-12H2,1H3/p+1. The van der Waals surface area contributed by atoms with Gasteiger partial charge in [0.05, 0.1) is 19.2 Å². The lowest BCUT2D eigenvalue weighted by Gasteiger charge is -2.22. The highest BCUT2D eigenvalue weighted by molar-refractivity contribution is 5.90. The van der Waals surface area contributed by atoms with Crippen LogP contribution in [0.3, 0.4) is 0 Å². The summed E-state index contributed by atoms with van der Waals surface area (Å²) >= 11 is 0. The number of hydrogen-bond acceptors (Lipinski definition) is 3. The summed E-state index contributed by atoms with van der Waals surface area (Å²) in [5.74, 6) is 0.532. The molecular weight excluding hydrogens is 304 g/mol. The highest BCUT2D eigenvalue weighted by Gasteiger charge is 2.42. The Morgan fingerprint density at radius 2 is 2.00 bits per heavy atom. The number of carbonyl (C=O) groups excluding carboxylic acids is 1. The smallest absolute Gasteiger partial charge is 0.386 e. The maximum atomic E-state index is 12.3. The topological polar surface area (TPSA) is 55.3 Å². The van der Waals surface area contributed by atoms with E-state index in [1.807, 2.05) is 21.3 Å². The summed E-state index contributed by atoms with van der Waals surface area (Å²) in [5.41, 5.74) is 2.66. The van der Waals surface area contributed by atoms with Crippen molar-refractivity contribution >= 4 is 5.97 Å². The third-order valence-electron chi connectivity index (χ3n) is 5.38. The van der Waals surface area contributed by atoms with Crippen LogP contribution in [0.5, 0.6) is 5.88 Å². The van der Waals surface area contributed by atoms with E-state index in [0.29, 0.717) is 6.54 Å². The number of imidazole rings is 1. The summed E-state index contributed by atoms with van der Waals surface area (Å²) < 4.78 is 8.87. The molecule has 2 heterocycles. The number of carbonyl (C=O) groups is 1. The first kappa shape index (κ1) is 15.2. The molecule has 0 spiro atoms. The Morgan fingerprint density at radius 1 is 1.25 bits per heavy atom. The van der Waals surface area contributed by atoms with Crippen LogP contribution in [0.2, 0.25) is 0 Å². The van der Waals surface area contributed by atoms with Crippen molar-refractivity contribution in [1.82, 2.24) is 4.57 Å². The van der Waals surface area contributed by atoms with E-state index in [4.69, 9.17) is 4.74 Å². The van der Waals surface area contributed by atoms with Gasteiger partial charge in [0.2, 0.25) is 0 Å². The van der Waals surface area contributed by atoms with Gasteiger partial charge in [0.25, 0.3) is 11.5 Å². The fourth-order valence-corrected chi connectivity index (χ4v) is 4.24. The van der Waals surface area contributed by atoms with Crippen LogP contribution in [0.1, 0.15) is 54.2 Å². The number of ether oxygens (including phenoxy) is 1. The van der Waals surface area contributed by atoms with Crippen LogP contribution in [0, 0.1) is 0 Å². The van der Waals surface area contributed by atoms with Gasteiger partial charge in [-0.05, 0) is 37.3 Å². The fourth-order valence-electron chi connectivity index (χ4n) is 4.24. The van der Waals surface area contributed by atoms with Gasteiger partial charge >= 0.3 is 11.8 Å². The summed E-state index contributed by atoms with van der Waals surface area (Å²) in [4.78, 5) is 12.3. The summed E-state index contributed by atoms with van der Waals surface area (Å²) in [5, 5.41) is 10.9. The highest BCUT2D eigenvalue weighted by atomic mass is 16.5. The molecule has 1 aromatic heterocycles. The van der Waals surface area contributed by atoms with E-state index >= 15 is 0 Å². The first-order valence-electron chi connectivity index (χ1n) is 8.76. The molecule has 0 atom stereocenters. The number of aryl methyl sites for hydroxylation is 1. The third kappa shape index (κ3) is 2.22. The number of methoxy groups -OCH3 is 1. The fraction of sp³-hybridized carbons (Fsp3) is 0.474. The minimum absolute atomic E-state index is 0.0560. The van der Waals surface area contributed by atoms with E-state index in [9.17, 15) is 9.90 Å². The molecule has 0 unspecified atom stereocenters. The highest BCUT2D eigenvalue weighted by Crippen LogP contribution is 2.36. The van der Waals surface area contributed by atoms with E-state index in [0.717, 1.165) is 43.5 Å². The van der Waals surface area contributed by atoms with Gasteiger partial charge in [-0.25, -0.2) is 9.36 Å². The zero-order valence-electron chi connectivity index (χ0n) is 14.0. The Labute approximate surface area is 141 Å². The number of nitrogens with zero attached hydrogens (tertiary/aromatic N) is 2. The number of rotatable bonds is 2. The molecule has 1 aliphatic heterocycles. The first-order chi connectivity index (χ1) is 11.7. The van der Waals surface area contributed by atoms with Crippen LogP contribution >= 0.6 is 0 Å². The molecule has 0 radical (unpaired) electrons. The van der Waals surface area contributed by atoms with Crippen LogP contribution in [-0.2, 0) is 17.7 Å². The van der Waals surface area contributed by atoms with E-state index in [-0.39, 0.29) is 17.6 Å². The van der Waals surface area contributed by atoms with Gasteiger partial charge < -0.3 is 9.84 Å². The molecule has 126 valence electrons. The van der Waals surface area contributed by atoms with E-state index in [1.165, 1.54) is 19.1 Å². The largest absolute Gasteiger partial charge is 0.474 e. The number of esters is 1. The van der Waals surface area contributed by atoms with Gasteiger partial charge in [-0.2, -0.15) is 4.57 Å². The molecule has 1 saturated carbocycles. The number of benzene rings is 1. The maximum Gasteiger partial charge on any atom is 0.386 e. The number of aromatic hydroxyl groups is 1. The van der Waals surface area contributed by atoms with Gasteiger partial charge in [0.15, 0.2) is 0 Å². The summed E-state index contributed by atoms with van der Waals surface area (Å²) in [6, 6.07) is 8.52. The minimum Gasteiger partial charge on any atom is -0.474 e. The average Bonchev–Trinajstić information content (AvgIpc) is 2.94. The van der Waals surface area contributed by atoms with Crippen LogP contribution in [0.15, 0.2) is 24.3 Å². The molecule has 0 bridgehead atoms. The van der Waals surface area contributed by atoms with Gasteiger partial charge in [-0.15, -0.1) is 0 Å². The number of hydrogen-bond donors (Lipinski definition) is 1. The van der Waals surface area contributed by atoms with Gasteiger partial charge in [0.1, 0.15) is 6.04 Å². The Balaban J connectivity index is 1.96. The van der Waals surface area contributed by atoms with Gasteiger partial charge in [-0.1, -0.05) is 24.6 Å². The molecule has 24 heavy (non-hydrogen) atoms. The third-order valence-corrected chi connectivity index (χ3v) is 5.38. The Morgan fingerprint density at radius 3 is 2.75 bits per heavy atom. The minimum atomic E-state index is -0.470. The lowest BCUT2D eigenvalue weighted by Crippen LogP contribution is -2.42. The van der Waals surface area contributed by atoms with Gasteiger partial charge in [-0.3, -0.25) is 0 Å². The average molecular weight is 327 g/mol. The normalized spacial score (nSPS) is 17.2. The zero-order valence-corrected chi connectivity index (χ0v) is 14.0.